The van der Waals surface area contributed by atoms with Crippen molar-refractivity contribution in [2.24, 2.45) is 0 Å². The molecule has 124 valence electrons. The van der Waals surface area contributed by atoms with Crippen LogP contribution in [0.5, 0.6) is 0 Å². The minimum absolute atomic E-state index is 0.0536. The molecule has 2 aromatic rings. The Morgan fingerprint density at radius 2 is 2.04 bits per heavy atom. The molecular formula is C19H19FN2O2. The molecule has 0 bridgehead atoms. The molecule has 1 aliphatic heterocycles. The van der Waals surface area contributed by atoms with Crippen molar-refractivity contribution in [3.8, 4) is 0 Å². The maximum Gasteiger partial charge on any atom is 0.247 e. The third-order valence-corrected chi connectivity index (χ3v) is 4.27. The molecule has 4 nitrogen and oxygen atoms in total. The molecule has 0 aliphatic carbocycles. The molecule has 1 aliphatic rings. The zero-order valence-corrected chi connectivity index (χ0v) is 13.5. The van der Waals surface area contributed by atoms with Crippen molar-refractivity contribution in [1.29, 1.82) is 0 Å². The number of amides is 2. The van der Waals surface area contributed by atoms with Gasteiger partial charge in [-0.2, -0.15) is 0 Å². The molecule has 0 aromatic heterocycles. The second-order valence-corrected chi connectivity index (χ2v) is 5.81. The quantitative estimate of drug-likeness (QED) is 0.939. The SMILES string of the molecule is CCN1C(=O)Cc2ccccc2[C@H]1C(=O)NCc1cccc(F)c1. The van der Waals surface area contributed by atoms with Crippen LogP contribution < -0.4 is 5.32 Å². The average molecular weight is 326 g/mol. The molecule has 3 rings (SSSR count). The topological polar surface area (TPSA) is 49.4 Å². The summed E-state index contributed by atoms with van der Waals surface area (Å²) in [7, 11) is 0. The molecular weight excluding hydrogens is 307 g/mol. The Morgan fingerprint density at radius 1 is 1.25 bits per heavy atom. The molecule has 0 unspecified atom stereocenters. The lowest BCUT2D eigenvalue weighted by Gasteiger charge is -2.35. The Kier molecular flexibility index (Phi) is 4.60. The van der Waals surface area contributed by atoms with Crippen LogP contribution in [-0.4, -0.2) is 23.3 Å². The number of halogens is 1. The summed E-state index contributed by atoms with van der Waals surface area (Å²) in [6.07, 6.45) is 0.317. The molecule has 2 amide bonds. The normalized spacial score (nSPS) is 16.7. The zero-order valence-electron chi connectivity index (χ0n) is 13.5. The van der Waals surface area contributed by atoms with E-state index in [1.54, 1.807) is 17.0 Å². The first-order valence-electron chi connectivity index (χ1n) is 7.99. The Balaban J connectivity index is 1.82. The number of nitrogens with one attached hydrogen (secondary N) is 1. The van der Waals surface area contributed by atoms with Gasteiger partial charge < -0.3 is 10.2 Å². The second kappa shape index (κ2) is 6.83. The molecule has 1 heterocycles. The lowest BCUT2D eigenvalue weighted by Crippen LogP contribution is -2.47. The minimum Gasteiger partial charge on any atom is -0.350 e. The molecule has 0 saturated heterocycles. The van der Waals surface area contributed by atoms with Crippen LogP contribution in [0, 0.1) is 5.82 Å². The fourth-order valence-electron chi connectivity index (χ4n) is 3.11. The average Bonchev–Trinajstić information content (AvgIpc) is 2.58. The van der Waals surface area contributed by atoms with Gasteiger partial charge in [-0.25, -0.2) is 4.39 Å². The Hall–Kier alpha value is -2.69. The number of nitrogens with zero attached hydrogens (tertiary/aromatic N) is 1. The molecule has 24 heavy (non-hydrogen) atoms. The molecule has 2 aromatic carbocycles. The molecule has 0 fully saturated rings. The predicted octanol–water partition coefficient (Wildman–Crippen LogP) is 2.59. The number of likely N-dealkylation sites (N-methyl/N-ethyl adjacent to an activating group) is 1. The standard InChI is InChI=1S/C19H19FN2O2/c1-2-22-17(23)11-14-7-3-4-9-16(14)18(22)19(24)21-12-13-6-5-8-15(20)10-13/h3-10,18H,2,11-12H2,1H3,(H,21,24)/t18-/m0/s1. The number of benzene rings is 2. The van der Waals surface area contributed by atoms with Crippen molar-refractivity contribution in [2.45, 2.75) is 25.9 Å². The zero-order chi connectivity index (χ0) is 17.1. The first-order valence-corrected chi connectivity index (χ1v) is 7.99. The van der Waals surface area contributed by atoms with Gasteiger partial charge in [0.1, 0.15) is 11.9 Å². The van der Waals surface area contributed by atoms with Crippen molar-refractivity contribution in [2.75, 3.05) is 6.54 Å². The second-order valence-electron chi connectivity index (χ2n) is 5.81. The predicted molar refractivity (Wildman–Crippen MR) is 88.5 cm³/mol. The molecule has 0 spiro atoms. The minimum atomic E-state index is -0.638. The van der Waals surface area contributed by atoms with Crippen LogP contribution >= 0.6 is 0 Å². The summed E-state index contributed by atoms with van der Waals surface area (Å²) in [6, 6.07) is 13.0. The van der Waals surface area contributed by atoms with Gasteiger partial charge in [-0.15, -0.1) is 0 Å². The van der Waals surface area contributed by atoms with Gasteiger partial charge in [0.2, 0.25) is 11.8 Å². The van der Waals surface area contributed by atoms with Crippen LogP contribution in [0.2, 0.25) is 0 Å². The van der Waals surface area contributed by atoms with Crippen LogP contribution in [-0.2, 0) is 22.6 Å². The van der Waals surface area contributed by atoms with Crippen LogP contribution in [0.3, 0.4) is 0 Å². The Morgan fingerprint density at radius 3 is 2.79 bits per heavy atom. The van der Waals surface area contributed by atoms with Crippen molar-refractivity contribution < 1.29 is 14.0 Å². The molecule has 1 atom stereocenters. The third-order valence-electron chi connectivity index (χ3n) is 4.27. The number of carbonyl (C=O) groups is 2. The lowest BCUT2D eigenvalue weighted by molar-refractivity contribution is -0.141. The van der Waals surface area contributed by atoms with E-state index in [2.05, 4.69) is 5.32 Å². The molecule has 0 saturated carbocycles. The number of hydrogen-bond donors (Lipinski definition) is 1. The van der Waals surface area contributed by atoms with Gasteiger partial charge in [-0.3, -0.25) is 9.59 Å². The largest absolute Gasteiger partial charge is 0.350 e. The van der Waals surface area contributed by atoms with Gasteiger partial charge in [-0.1, -0.05) is 36.4 Å². The van der Waals surface area contributed by atoms with Gasteiger partial charge >= 0.3 is 0 Å². The highest BCUT2D eigenvalue weighted by atomic mass is 19.1. The Labute approximate surface area is 140 Å². The van der Waals surface area contributed by atoms with E-state index in [4.69, 9.17) is 0 Å². The summed E-state index contributed by atoms with van der Waals surface area (Å²) in [4.78, 5) is 26.6. The summed E-state index contributed by atoms with van der Waals surface area (Å²) in [5.41, 5.74) is 2.43. The number of hydrogen-bond acceptors (Lipinski definition) is 2. The summed E-state index contributed by atoms with van der Waals surface area (Å²) < 4.78 is 13.2. The van der Waals surface area contributed by atoms with E-state index in [0.29, 0.717) is 18.5 Å². The fourth-order valence-corrected chi connectivity index (χ4v) is 3.11. The van der Waals surface area contributed by atoms with Gasteiger partial charge in [0, 0.05) is 13.1 Å². The Bertz CT molecular complexity index is 775. The molecule has 1 N–H and O–H groups in total. The number of carbonyl (C=O) groups excluding carboxylic acids is 2. The smallest absolute Gasteiger partial charge is 0.247 e. The van der Waals surface area contributed by atoms with Gasteiger partial charge in [0.05, 0.1) is 6.42 Å². The van der Waals surface area contributed by atoms with Crippen molar-refractivity contribution in [1.82, 2.24) is 10.2 Å². The fraction of sp³-hybridized carbons (Fsp3) is 0.263. The maximum atomic E-state index is 13.2. The van der Waals surface area contributed by atoms with Crippen LogP contribution in [0.15, 0.2) is 48.5 Å². The van der Waals surface area contributed by atoms with E-state index in [0.717, 1.165) is 11.1 Å². The summed E-state index contributed by atoms with van der Waals surface area (Å²) >= 11 is 0. The van der Waals surface area contributed by atoms with Gasteiger partial charge in [0.25, 0.3) is 0 Å². The highest BCUT2D eigenvalue weighted by Crippen LogP contribution is 2.30. The highest BCUT2D eigenvalue weighted by Gasteiger charge is 2.35. The van der Waals surface area contributed by atoms with Crippen molar-refractivity contribution in [3.63, 3.8) is 0 Å². The molecule has 5 heteroatoms. The van der Waals surface area contributed by atoms with E-state index >= 15 is 0 Å². The summed E-state index contributed by atoms with van der Waals surface area (Å²) in [5, 5.41) is 2.82. The van der Waals surface area contributed by atoms with Crippen LogP contribution in [0.1, 0.15) is 29.7 Å². The van der Waals surface area contributed by atoms with Crippen molar-refractivity contribution >= 4 is 11.8 Å². The van der Waals surface area contributed by atoms with E-state index in [1.807, 2.05) is 31.2 Å². The van der Waals surface area contributed by atoms with Gasteiger partial charge in [-0.05, 0) is 35.7 Å². The van der Waals surface area contributed by atoms with Crippen LogP contribution in [0.25, 0.3) is 0 Å². The number of rotatable bonds is 4. The highest BCUT2D eigenvalue weighted by molar-refractivity contribution is 5.92. The van der Waals surface area contributed by atoms with Gasteiger partial charge in [0.15, 0.2) is 0 Å². The van der Waals surface area contributed by atoms with E-state index < -0.39 is 6.04 Å². The van der Waals surface area contributed by atoms with Crippen LogP contribution in [0.4, 0.5) is 4.39 Å². The summed E-state index contributed by atoms with van der Waals surface area (Å²) in [5.74, 6) is -0.640. The lowest BCUT2D eigenvalue weighted by atomic mass is 9.91. The maximum absolute atomic E-state index is 13.2. The first kappa shape index (κ1) is 16.2. The first-order chi connectivity index (χ1) is 11.6. The third kappa shape index (κ3) is 3.15. The van der Waals surface area contributed by atoms with E-state index in [-0.39, 0.29) is 24.2 Å². The monoisotopic (exact) mass is 326 g/mol. The van der Waals surface area contributed by atoms with Crippen molar-refractivity contribution in [3.05, 3.63) is 71.0 Å². The molecule has 0 radical (unpaired) electrons. The number of fused-ring (bicyclic) bond motifs is 1. The summed E-state index contributed by atoms with van der Waals surface area (Å²) in [6.45, 7) is 2.55. The van der Waals surface area contributed by atoms with E-state index in [1.165, 1.54) is 12.1 Å². The van der Waals surface area contributed by atoms with E-state index in [9.17, 15) is 14.0 Å².